The summed E-state index contributed by atoms with van der Waals surface area (Å²) in [6.07, 6.45) is -1.02. The summed E-state index contributed by atoms with van der Waals surface area (Å²) in [6.45, 7) is 2.34. The second-order valence-corrected chi connectivity index (χ2v) is 4.69. The number of piperidine rings is 1. The molecule has 0 amide bonds. The highest BCUT2D eigenvalue weighted by Gasteiger charge is 2.32. The van der Waals surface area contributed by atoms with Crippen LogP contribution in [0.4, 0.5) is 13.2 Å². The number of hydrogen-bond acceptors (Lipinski definition) is 3. The Morgan fingerprint density at radius 3 is 2.72 bits per heavy atom. The fraction of sp³-hybridized carbons (Fsp3) is 0.583. The number of halogens is 3. The minimum absolute atomic E-state index is 0.168. The van der Waals surface area contributed by atoms with Gasteiger partial charge in [-0.3, -0.25) is 9.88 Å². The highest BCUT2D eigenvalue weighted by atomic mass is 19.4. The van der Waals surface area contributed by atoms with E-state index in [2.05, 4.69) is 9.88 Å². The summed E-state index contributed by atoms with van der Waals surface area (Å²) in [7, 11) is 0. The molecule has 100 valence electrons. The zero-order chi connectivity index (χ0) is 13.2. The van der Waals surface area contributed by atoms with E-state index in [1.807, 2.05) is 0 Å². The molecular weight excluding hydrogens is 243 g/mol. The summed E-state index contributed by atoms with van der Waals surface area (Å²) in [5.41, 5.74) is 5.80. The molecule has 2 rings (SSSR count). The first-order valence-corrected chi connectivity index (χ1v) is 5.95. The van der Waals surface area contributed by atoms with E-state index in [4.69, 9.17) is 5.73 Å². The van der Waals surface area contributed by atoms with Gasteiger partial charge >= 0.3 is 6.18 Å². The smallest absolute Gasteiger partial charge is 0.327 e. The van der Waals surface area contributed by atoms with E-state index in [1.165, 1.54) is 12.3 Å². The Hall–Kier alpha value is -1.14. The zero-order valence-electron chi connectivity index (χ0n) is 9.95. The maximum Gasteiger partial charge on any atom is 0.433 e. The number of aromatic nitrogens is 1. The normalized spacial score (nSPS) is 22.1. The highest BCUT2D eigenvalue weighted by Crippen LogP contribution is 2.27. The number of hydrogen-bond donors (Lipinski definition) is 1. The van der Waals surface area contributed by atoms with Gasteiger partial charge in [-0.1, -0.05) is 6.07 Å². The Kier molecular flexibility index (Phi) is 3.87. The molecule has 0 aliphatic carbocycles. The van der Waals surface area contributed by atoms with E-state index < -0.39 is 11.9 Å². The maximum absolute atomic E-state index is 12.3. The Balaban J connectivity index is 1.98. The van der Waals surface area contributed by atoms with Crippen LogP contribution in [0, 0.1) is 0 Å². The average molecular weight is 259 g/mol. The molecule has 6 heteroatoms. The van der Waals surface area contributed by atoms with Gasteiger partial charge in [0.15, 0.2) is 0 Å². The highest BCUT2D eigenvalue weighted by molar-refractivity contribution is 5.16. The number of nitrogens with zero attached hydrogens (tertiary/aromatic N) is 2. The van der Waals surface area contributed by atoms with E-state index in [-0.39, 0.29) is 6.04 Å². The van der Waals surface area contributed by atoms with Gasteiger partial charge in [-0.2, -0.15) is 13.2 Å². The van der Waals surface area contributed by atoms with Crippen molar-refractivity contribution in [2.24, 2.45) is 5.73 Å². The molecule has 0 saturated carbocycles. The van der Waals surface area contributed by atoms with Crippen LogP contribution < -0.4 is 5.73 Å². The van der Waals surface area contributed by atoms with Crippen LogP contribution in [0.25, 0.3) is 0 Å². The van der Waals surface area contributed by atoms with Gasteiger partial charge in [0.25, 0.3) is 0 Å². The molecule has 1 aromatic heterocycles. The monoisotopic (exact) mass is 259 g/mol. The van der Waals surface area contributed by atoms with E-state index in [9.17, 15) is 13.2 Å². The molecule has 1 aromatic rings. The topological polar surface area (TPSA) is 42.1 Å². The van der Waals surface area contributed by atoms with Crippen LogP contribution in [0.3, 0.4) is 0 Å². The lowest BCUT2D eigenvalue weighted by molar-refractivity contribution is -0.141. The van der Waals surface area contributed by atoms with Crippen molar-refractivity contribution in [1.82, 2.24) is 9.88 Å². The molecule has 1 aliphatic rings. The van der Waals surface area contributed by atoms with Crippen molar-refractivity contribution in [3.05, 3.63) is 29.6 Å². The molecule has 0 radical (unpaired) electrons. The predicted molar refractivity (Wildman–Crippen MR) is 61.7 cm³/mol. The first-order chi connectivity index (χ1) is 8.45. The van der Waals surface area contributed by atoms with Gasteiger partial charge in [0, 0.05) is 25.3 Å². The van der Waals surface area contributed by atoms with E-state index in [0.29, 0.717) is 6.54 Å². The van der Waals surface area contributed by atoms with E-state index >= 15 is 0 Å². The Labute approximate surface area is 104 Å². The molecule has 0 spiro atoms. The van der Waals surface area contributed by atoms with Crippen LogP contribution in [0.5, 0.6) is 0 Å². The van der Waals surface area contributed by atoms with Crippen LogP contribution in [-0.4, -0.2) is 29.0 Å². The second kappa shape index (κ2) is 5.24. The summed E-state index contributed by atoms with van der Waals surface area (Å²) in [4.78, 5) is 5.60. The van der Waals surface area contributed by atoms with Crippen molar-refractivity contribution in [2.75, 3.05) is 13.1 Å². The van der Waals surface area contributed by atoms with Crippen molar-refractivity contribution in [3.8, 4) is 0 Å². The molecule has 18 heavy (non-hydrogen) atoms. The van der Waals surface area contributed by atoms with Gasteiger partial charge in [-0.05, 0) is 31.0 Å². The number of likely N-dealkylation sites (tertiary alicyclic amines) is 1. The fourth-order valence-electron chi connectivity index (χ4n) is 2.18. The van der Waals surface area contributed by atoms with Crippen molar-refractivity contribution in [2.45, 2.75) is 31.6 Å². The third kappa shape index (κ3) is 3.43. The third-order valence-corrected chi connectivity index (χ3v) is 3.06. The fourth-order valence-corrected chi connectivity index (χ4v) is 2.18. The van der Waals surface area contributed by atoms with Crippen LogP contribution in [0.1, 0.15) is 24.1 Å². The van der Waals surface area contributed by atoms with Crippen LogP contribution in [0.2, 0.25) is 0 Å². The standard InChI is InChI=1S/C12H16F3N3/c13-12(14,15)11-4-3-9(6-17-11)7-18-5-1-2-10(16)8-18/h3-4,6,10H,1-2,5,7-8,16H2. The summed E-state index contributed by atoms with van der Waals surface area (Å²) >= 11 is 0. The Morgan fingerprint density at radius 2 is 2.17 bits per heavy atom. The number of pyridine rings is 1. The van der Waals surface area contributed by atoms with Crippen molar-refractivity contribution in [3.63, 3.8) is 0 Å². The van der Waals surface area contributed by atoms with Gasteiger partial charge in [0.1, 0.15) is 5.69 Å². The van der Waals surface area contributed by atoms with E-state index in [0.717, 1.165) is 37.6 Å². The maximum atomic E-state index is 12.3. The molecule has 2 N–H and O–H groups in total. The molecule has 1 unspecified atom stereocenters. The molecule has 1 fully saturated rings. The van der Waals surface area contributed by atoms with Crippen molar-refractivity contribution >= 4 is 0 Å². The summed E-state index contributed by atoms with van der Waals surface area (Å²) in [6, 6.07) is 2.68. The van der Waals surface area contributed by atoms with Gasteiger partial charge in [-0.25, -0.2) is 0 Å². The molecule has 1 atom stereocenters. The lowest BCUT2D eigenvalue weighted by Gasteiger charge is -2.30. The molecule has 1 aliphatic heterocycles. The van der Waals surface area contributed by atoms with Crippen LogP contribution in [0.15, 0.2) is 18.3 Å². The molecule has 0 aromatic carbocycles. The van der Waals surface area contributed by atoms with Gasteiger partial charge < -0.3 is 5.73 Å². The van der Waals surface area contributed by atoms with Gasteiger partial charge in [-0.15, -0.1) is 0 Å². The average Bonchev–Trinajstić information content (AvgIpc) is 2.28. The summed E-state index contributed by atoms with van der Waals surface area (Å²) < 4.78 is 37.0. The van der Waals surface area contributed by atoms with E-state index in [1.54, 1.807) is 0 Å². The molecule has 1 saturated heterocycles. The third-order valence-electron chi connectivity index (χ3n) is 3.06. The number of rotatable bonds is 2. The Bertz CT molecular complexity index is 389. The quantitative estimate of drug-likeness (QED) is 0.883. The molecule has 3 nitrogen and oxygen atoms in total. The predicted octanol–water partition coefficient (Wildman–Crippen LogP) is 2.02. The lowest BCUT2D eigenvalue weighted by Crippen LogP contribution is -2.42. The number of nitrogens with two attached hydrogens (primary N) is 1. The first-order valence-electron chi connectivity index (χ1n) is 5.95. The summed E-state index contributed by atoms with van der Waals surface area (Å²) in [5.74, 6) is 0. The van der Waals surface area contributed by atoms with Gasteiger partial charge in [0.05, 0.1) is 0 Å². The zero-order valence-corrected chi connectivity index (χ0v) is 9.95. The summed E-state index contributed by atoms with van der Waals surface area (Å²) in [5, 5.41) is 0. The van der Waals surface area contributed by atoms with Crippen molar-refractivity contribution in [1.29, 1.82) is 0 Å². The molecule has 0 bridgehead atoms. The van der Waals surface area contributed by atoms with Crippen molar-refractivity contribution < 1.29 is 13.2 Å². The minimum Gasteiger partial charge on any atom is -0.327 e. The lowest BCUT2D eigenvalue weighted by atomic mass is 10.1. The van der Waals surface area contributed by atoms with Crippen LogP contribution in [-0.2, 0) is 12.7 Å². The molecule has 2 heterocycles. The largest absolute Gasteiger partial charge is 0.433 e. The van der Waals surface area contributed by atoms with Crippen LogP contribution >= 0.6 is 0 Å². The number of alkyl halides is 3. The molecular formula is C12H16F3N3. The first kappa shape index (κ1) is 13.3. The Morgan fingerprint density at radius 1 is 1.39 bits per heavy atom. The SMILES string of the molecule is NC1CCCN(Cc2ccc(C(F)(F)F)nc2)C1. The second-order valence-electron chi connectivity index (χ2n) is 4.69. The minimum atomic E-state index is -4.37. The van der Waals surface area contributed by atoms with Gasteiger partial charge in [0.2, 0.25) is 0 Å².